The van der Waals surface area contributed by atoms with Crippen molar-refractivity contribution in [1.82, 2.24) is 15.5 Å². The number of hydrogen-bond acceptors (Lipinski definition) is 4. The number of benzene rings is 1. The van der Waals surface area contributed by atoms with Crippen LogP contribution < -0.4 is 15.4 Å². The number of methoxy groups -OCH3 is 1. The van der Waals surface area contributed by atoms with Gasteiger partial charge >= 0.3 is 0 Å². The normalized spacial score (nSPS) is 16.4. The van der Waals surface area contributed by atoms with Gasteiger partial charge in [0, 0.05) is 38.8 Å². The van der Waals surface area contributed by atoms with Crippen molar-refractivity contribution >= 4 is 17.7 Å². The molecule has 0 unspecified atom stereocenters. The molecule has 0 bridgehead atoms. The third kappa shape index (κ3) is 7.58. The summed E-state index contributed by atoms with van der Waals surface area (Å²) in [5, 5.41) is 6.91. The van der Waals surface area contributed by atoms with Crippen LogP contribution in [0.15, 0.2) is 23.2 Å². The van der Waals surface area contributed by atoms with Gasteiger partial charge in [0.25, 0.3) is 0 Å². The van der Waals surface area contributed by atoms with Crippen LogP contribution in [0.1, 0.15) is 31.7 Å². The fourth-order valence-corrected chi connectivity index (χ4v) is 3.63. The molecule has 0 aromatic heterocycles. The molecule has 0 spiro atoms. The zero-order chi connectivity index (χ0) is 19.5. The van der Waals surface area contributed by atoms with Gasteiger partial charge in [-0.25, -0.2) is 4.39 Å². The zero-order valence-electron chi connectivity index (χ0n) is 16.8. The Labute approximate surface area is 167 Å². The monoisotopic (exact) mass is 396 g/mol. The van der Waals surface area contributed by atoms with Crippen LogP contribution in [0, 0.1) is 5.82 Å². The van der Waals surface area contributed by atoms with E-state index in [9.17, 15) is 4.39 Å². The zero-order valence-corrected chi connectivity index (χ0v) is 17.6. The molecule has 0 amide bonds. The number of nitrogens with one attached hydrogen (secondary N) is 2. The molecule has 1 saturated heterocycles. The standard InChI is InChI=1S/C20H33FN4OS/c1-4-22-20(23-10-5-13-27-3)24-17-8-11-25(12-9-17)15-16-6-7-19(26-2)18(21)14-16/h6-7,14,17H,4-5,8-13,15H2,1-3H3,(H2,22,23,24). The molecular formula is C20H33FN4OS. The third-order valence-electron chi connectivity index (χ3n) is 4.67. The molecule has 1 fully saturated rings. The molecule has 27 heavy (non-hydrogen) atoms. The van der Waals surface area contributed by atoms with Crippen LogP contribution >= 0.6 is 11.8 Å². The number of nitrogens with zero attached hydrogens (tertiary/aromatic N) is 2. The van der Waals surface area contributed by atoms with Crippen molar-refractivity contribution in [2.45, 2.75) is 38.8 Å². The highest BCUT2D eigenvalue weighted by Crippen LogP contribution is 2.20. The second-order valence-electron chi connectivity index (χ2n) is 6.77. The number of likely N-dealkylation sites (tertiary alicyclic amines) is 1. The number of guanidine groups is 1. The lowest BCUT2D eigenvalue weighted by Crippen LogP contribution is -2.48. The van der Waals surface area contributed by atoms with E-state index in [0.717, 1.165) is 69.3 Å². The summed E-state index contributed by atoms with van der Waals surface area (Å²) in [5.74, 6) is 2.08. The van der Waals surface area contributed by atoms with Crippen LogP contribution in [0.4, 0.5) is 4.39 Å². The van der Waals surface area contributed by atoms with E-state index >= 15 is 0 Å². The van der Waals surface area contributed by atoms with Gasteiger partial charge in [0.2, 0.25) is 0 Å². The number of aliphatic imine (C=N–C) groups is 1. The predicted octanol–water partition coefficient (Wildman–Crippen LogP) is 3.11. The molecule has 1 heterocycles. The summed E-state index contributed by atoms with van der Waals surface area (Å²) in [6.07, 6.45) is 5.36. The lowest BCUT2D eigenvalue weighted by molar-refractivity contribution is 0.198. The predicted molar refractivity (Wildman–Crippen MR) is 113 cm³/mol. The number of thioether (sulfide) groups is 1. The molecule has 1 aromatic rings. The van der Waals surface area contributed by atoms with E-state index in [1.807, 2.05) is 17.8 Å². The first-order valence-electron chi connectivity index (χ1n) is 9.74. The van der Waals surface area contributed by atoms with Gasteiger partial charge in [0.1, 0.15) is 0 Å². The Morgan fingerprint density at radius 1 is 1.37 bits per heavy atom. The van der Waals surface area contributed by atoms with Gasteiger partial charge in [0.15, 0.2) is 17.5 Å². The molecule has 152 valence electrons. The maximum Gasteiger partial charge on any atom is 0.191 e. The molecule has 1 aliphatic heterocycles. The highest BCUT2D eigenvalue weighted by Gasteiger charge is 2.20. The van der Waals surface area contributed by atoms with E-state index in [1.165, 1.54) is 7.11 Å². The van der Waals surface area contributed by atoms with Gasteiger partial charge < -0.3 is 15.4 Å². The second kappa shape index (κ2) is 12.1. The van der Waals surface area contributed by atoms with Gasteiger partial charge in [-0.15, -0.1) is 0 Å². The summed E-state index contributed by atoms with van der Waals surface area (Å²) in [7, 11) is 1.49. The van der Waals surface area contributed by atoms with E-state index in [4.69, 9.17) is 4.74 Å². The average molecular weight is 397 g/mol. The molecule has 0 atom stereocenters. The Kier molecular flexibility index (Phi) is 9.77. The Hall–Kier alpha value is -1.47. The largest absolute Gasteiger partial charge is 0.494 e. The van der Waals surface area contributed by atoms with Crippen molar-refractivity contribution in [3.63, 3.8) is 0 Å². The van der Waals surface area contributed by atoms with Crippen molar-refractivity contribution in [1.29, 1.82) is 0 Å². The van der Waals surface area contributed by atoms with Crippen molar-refractivity contribution in [2.75, 3.05) is 45.3 Å². The van der Waals surface area contributed by atoms with Gasteiger partial charge in [-0.05, 0) is 55.9 Å². The van der Waals surface area contributed by atoms with E-state index in [-0.39, 0.29) is 5.82 Å². The molecule has 1 aliphatic rings. The third-order valence-corrected chi connectivity index (χ3v) is 5.37. The summed E-state index contributed by atoms with van der Waals surface area (Å²) >= 11 is 1.86. The van der Waals surface area contributed by atoms with Gasteiger partial charge in [0.05, 0.1) is 7.11 Å². The summed E-state index contributed by atoms with van der Waals surface area (Å²) in [6, 6.07) is 5.66. The summed E-state index contributed by atoms with van der Waals surface area (Å²) in [4.78, 5) is 7.05. The van der Waals surface area contributed by atoms with Crippen molar-refractivity contribution < 1.29 is 9.13 Å². The van der Waals surface area contributed by atoms with Crippen molar-refractivity contribution in [3.05, 3.63) is 29.6 Å². The van der Waals surface area contributed by atoms with Crippen molar-refractivity contribution in [3.8, 4) is 5.75 Å². The maximum atomic E-state index is 13.9. The fourth-order valence-electron chi connectivity index (χ4n) is 3.21. The van der Waals surface area contributed by atoms with Gasteiger partial charge in [-0.3, -0.25) is 9.89 Å². The van der Waals surface area contributed by atoms with Crippen LogP contribution in [-0.2, 0) is 6.54 Å². The number of rotatable bonds is 9. The Morgan fingerprint density at radius 3 is 2.78 bits per heavy atom. The fraction of sp³-hybridized carbons (Fsp3) is 0.650. The first-order valence-corrected chi connectivity index (χ1v) is 11.1. The summed E-state index contributed by atoms with van der Waals surface area (Å²) in [6.45, 7) is 6.59. The minimum absolute atomic E-state index is 0.292. The van der Waals surface area contributed by atoms with E-state index in [1.54, 1.807) is 12.1 Å². The molecule has 0 aliphatic carbocycles. The Bertz CT molecular complexity index is 591. The molecule has 0 radical (unpaired) electrons. The first-order chi connectivity index (χ1) is 13.2. The van der Waals surface area contributed by atoms with Crippen LogP contribution in [-0.4, -0.2) is 62.2 Å². The Morgan fingerprint density at radius 2 is 2.15 bits per heavy atom. The smallest absolute Gasteiger partial charge is 0.191 e. The van der Waals surface area contributed by atoms with E-state index in [0.29, 0.717) is 11.8 Å². The maximum absolute atomic E-state index is 13.9. The molecule has 2 rings (SSSR count). The number of halogens is 1. The van der Waals surface area contributed by atoms with E-state index in [2.05, 4.69) is 33.7 Å². The quantitative estimate of drug-likeness (QED) is 0.382. The molecule has 1 aromatic carbocycles. The molecule has 7 heteroatoms. The topological polar surface area (TPSA) is 48.9 Å². The molecule has 0 saturated carbocycles. The first kappa shape index (κ1) is 21.8. The van der Waals surface area contributed by atoms with Gasteiger partial charge in [-0.1, -0.05) is 6.07 Å². The van der Waals surface area contributed by atoms with Crippen LogP contribution in [0.25, 0.3) is 0 Å². The van der Waals surface area contributed by atoms with E-state index < -0.39 is 0 Å². The second-order valence-corrected chi connectivity index (χ2v) is 7.76. The molecule has 5 nitrogen and oxygen atoms in total. The lowest BCUT2D eigenvalue weighted by Gasteiger charge is -2.33. The number of ether oxygens (including phenoxy) is 1. The van der Waals surface area contributed by atoms with Crippen LogP contribution in [0.5, 0.6) is 5.75 Å². The minimum atomic E-state index is -0.292. The van der Waals surface area contributed by atoms with Crippen LogP contribution in [0.3, 0.4) is 0 Å². The number of piperidine rings is 1. The van der Waals surface area contributed by atoms with Gasteiger partial charge in [-0.2, -0.15) is 11.8 Å². The lowest BCUT2D eigenvalue weighted by atomic mass is 10.0. The van der Waals surface area contributed by atoms with Crippen molar-refractivity contribution in [2.24, 2.45) is 4.99 Å². The minimum Gasteiger partial charge on any atom is -0.494 e. The molecular weight excluding hydrogens is 363 g/mol. The SMILES string of the molecule is CCNC(=NCCCSC)NC1CCN(Cc2ccc(OC)c(F)c2)CC1. The van der Waals surface area contributed by atoms with Crippen LogP contribution in [0.2, 0.25) is 0 Å². The summed E-state index contributed by atoms with van der Waals surface area (Å²) < 4.78 is 18.8. The highest BCUT2D eigenvalue weighted by molar-refractivity contribution is 7.98. The highest BCUT2D eigenvalue weighted by atomic mass is 32.2. The average Bonchev–Trinajstić information content (AvgIpc) is 2.67. The summed E-state index contributed by atoms with van der Waals surface area (Å²) in [5.41, 5.74) is 0.989. The number of hydrogen-bond donors (Lipinski definition) is 2. The Balaban J connectivity index is 1.78. The molecule has 2 N–H and O–H groups in total.